The normalized spacial score (nSPS) is 18.2. The first-order valence-electron chi connectivity index (χ1n) is 14.0. The van der Waals surface area contributed by atoms with Crippen molar-refractivity contribution in [3.63, 3.8) is 0 Å². The van der Waals surface area contributed by atoms with Gasteiger partial charge in [0.05, 0.1) is 25.7 Å². The van der Waals surface area contributed by atoms with Gasteiger partial charge < -0.3 is 19.7 Å². The minimum absolute atomic E-state index is 0.0129. The van der Waals surface area contributed by atoms with Crippen LogP contribution >= 0.6 is 0 Å². The molecule has 0 aromatic heterocycles. The Labute approximate surface area is 223 Å². The number of esters is 1. The number of nitrogens with one attached hydrogen (secondary N) is 1. The highest BCUT2D eigenvalue weighted by molar-refractivity contribution is 5.93. The third-order valence-corrected chi connectivity index (χ3v) is 7.00. The number of hydrogen-bond acceptors (Lipinski definition) is 5. The highest BCUT2D eigenvalue weighted by Gasteiger charge is 2.42. The summed E-state index contributed by atoms with van der Waals surface area (Å²) in [5.74, 6) is -1.25. The van der Waals surface area contributed by atoms with E-state index in [9.17, 15) is 14.4 Å². The van der Waals surface area contributed by atoms with E-state index in [0.717, 1.165) is 37.7 Å². The topological polar surface area (TPSA) is 84.9 Å². The van der Waals surface area contributed by atoms with Crippen LogP contribution in [0.25, 0.3) is 0 Å². The lowest BCUT2D eigenvalue weighted by molar-refractivity contribution is -0.157. The van der Waals surface area contributed by atoms with Gasteiger partial charge in [-0.2, -0.15) is 0 Å². The molecule has 0 bridgehead atoms. The van der Waals surface area contributed by atoms with Crippen molar-refractivity contribution < 1.29 is 23.9 Å². The van der Waals surface area contributed by atoms with E-state index in [-0.39, 0.29) is 30.2 Å². The highest BCUT2D eigenvalue weighted by atomic mass is 16.6. The lowest BCUT2D eigenvalue weighted by Crippen LogP contribution is -2.59. The van der Waals surface area contributed by atoms with E-state index in [2.05, 4.69) is 12.2 Å². The zero-order valence-corrected chi connectivity index (χ0v) is 23.8. The zero-order chi connectivity index (χ0) is 27.5. The molecule has 1 aliphatic rings. The predicted octanol–water partition coefficient (Wildman–Crippen LogP) is 5.41. The Bertz CT molecular complexity index is 866. The fourth-order valence-corrected chi connectivity index (χ4v) is 4.70. The van der Waals surface area contributed by atoms with Gasteiger partial charge in [0.15, 0.2) is 0 Å². The lowest BCUT2D eigenvalue weighted by Gasteiger charge is -2.36. The summed E-state index contributed by atoms with van der Waals surface area (Å²) in [5, 5.41) is 3.04. The summed E-state index contributed by atoms with van der Waals surface area (Å²) in [7, 11) is 0. The monoisotopic (exact) mass is 516 g/mol. The van der Waals surface area contributed by atoms with Gasteiger partial charge in [-0.25, -0.2) is 0 Å². The first-order chi connectivity index (χ1) is 17.5. The molecule has 208 valence electrons. The average molecular weight is 517 g/mol. The third kappa shape index (κ3) is 10.1. The molecule has 3 atom stereocenters. The number of nitrogens with zero attached hydrogens (tertiary/aromatic N) is 1. The molecule has 2 rings (SSSR count). The minimum Gasteiger partial charge on any atom is -0.460 e. The van der Waals surface area contributed by atoms with Crippen LogP contribution < -0.4 is 5.32 Å². The Kier molecular flexibility index (Phi) is 12.1. The van der Waals surface area contributed by atoms with Crippen LogP contribution in [0.3, 0.4) is 0 Å². The van der Waals surface area contributed by atoms with Crippen LogP contribution in [0.4, 0.5) is 0 Å². The molecule has 37 heavy (non-hydrogen) atoms. The second-order valence-corrected chi connectivity index (χ2v) is 11.5. The molecule has 1 aromatic rings. The smallest absolute Gasteiger partial charge is 0.307 e. The van der Waals surface area contributed by atoms with Crippen LogP contribution in [0.1, 0.15) is 98.5 Å². The molecular weight excluding hydrogens is 468 g/mol. The van der Waals surface area contributed by atoms with Gasteiger partial charge in [-0.05, 0) is 58.9 Å². The van der Waals surface area contributed by atoms with Crippen molar-refractivity contribution in [2.24, 2.45) is 5.92 Å². The number of benzene rings is 1. The van der Waals surface area contributed by atoms with Gasteiger partial charge in [-0.1, -0.05) is 63.4 Å². The van der Waals surface area contributed by atoms with Gasteiger partial charge in [0.1, 0.15) is 11.1 Å². The lowest BCUT2D eigenvalue weighted by atomic mass is 9.92. The molecule has 2 amide bonds. The second kappa shape index (κ2) is 14.5. The standard InChI is InChI=1S/C30H48N2O5/c1-7-9-11-17-24(20-26(33)37-29(3,4)5)27(34)31-30(6,8-2)28(35)32-19-14-18-25(32)22-36-21-23-15-12-10-13-16-23/h10,12-13,15-16,24-25H,7-9,11,14,17-22H2,1-6H3,(H,31,34). The molecule has 1 fully saturated rings. The van der Waals surface area contributed by atoms with E-state index in [1.165, 1.54) is 0 Å². The number of carbonyl (C=O) groups is 3. The van der Waals surface area contributed by atoms with Gasteiger partial charge in [-0.3, -0.25) is 14.4 Å². The molecule has 0 saturated carbocycles. The summed E-state index contributed by atoms with van der Waals surface area (Å²) >= 11 is 0. The molecule has 1 N–H and O–H groups in total. The predicted molar refractivity (Wildman–Crippen MR) is 146 cm³/mol. The molecule has 0 radical (unpaired) electrons. The Hall–Kier alpha value is -2.41. The molecule has 7 heteroatoms. The summed E-state index contributed by atoms with van der Waals surface area (Å²) in [6.45, 7) is 12.9. The summed E-state index contributed by atoms with van der Waals surface area (Å²) < 4.78 is 11.4. The number of carbonyl (C=O) groups excluding carboxylic acids is 3. The average Bonchev–Trinajstić information content (AvgIpc) is 3.30. The summed E-state index contributed by atoms with van der Waals surface area (Å²) in [5.41, 5.74) is -0.554. The molecule has 1 aromatic carbocycles. The SMILES string of the molecule is CCCCCC(CC(=O)OC(C)(C)C)C(=O)NC(C)(CC)C(=O)N1CCCC1COCc1ccccc1. The van der Waals surface area contributed by atoms with Crippen LogP contribution in [0.5, 0.6) is 0 Å². The molecule has 0 spiro atoms. The number of ether oxygens (including phenoxy) is 2. The number of amides is 2. The quantitative estimate of drug-likeness (QED) is 0.264. The molecule has 1 heterocycles. The molecule has 0 aliphatic carbocycles. The second-order valence-electron chi connectivity index (χ2n) is 11.5. The van der Waals surface area contributed by atoms with Gasteiger partial charge >= 0.3 is 5.97 Å². The largest absolute Gasteiger partial charge is 0.460 e. The maximum absolute atomic E-state index is 13.7. The first-order valence-corrected chi connectivity index (χ1v) is 14.0. The van der Waals surface area contributed by atoms with Gasteiger partial charge in [0.25, 0.3) is 0 Å². The van der Waals surface area contributed by atoms with E-state index in [1.54, 1.807) is 6.92 Å². The maximum Gasteiger partial charge on any atom is 0.307 e. The summed E-state index contributed by atoms with van der Waals surface area (Å²) in [4.78, 5) is 41.6. The number of likely N-dealkylation sites (tertiary alicyclic amines) is 1. The van der Waals surface area contributed by atoms with E-state index < -0.39 is 17.1 Å². The molecular formula is C30H48N2O5. The molecule has 7 nitrogen and oxygen atoms in total. The summed E-state index contributed by atoms with van der Waals surface area (Å²) in [6.07, 6.45) is 5.72. The van der Waals surface area contributed by atoms with Gasteiger partial charge in [-0.15, -0.1) is 0 Å². The van der Waals surface area contributed by atoms with Crippen molar-refractivity contribution in [3.05, 3.63) is 35.9 Å². The van der Waals surface area contributed by atoms with Crippen molar-refractivity contribution in [1.82, 2.24) is 10.2 Å². The van der Waals surface area contributed by atoms with E-state index in [1.807, 2.05) is 62.9 Å². The Morgan fingerprint density at radius 2 is 1.78 bits per heavy atom. The van der Waals surface area contributed by atoms with Gasteiger partial charge in [0, 0.05) is 12.5 Å². The van der Waals surface area contributed by atoms with Crippen molar-refractivity contribution >= 4 is 17.8 Å². The van der Waals surface area contributed by atoms with Crippen LogP contribution in [-0.4, -0.2) is 53.0 Å². The Morgan fingerprint density at radius 1 is 1.08 bits per heavy atom. The van der Waals surface area contributed by atoms with Crippen molar-refractivity contribution in [2.75, 3.05) is 13.2 Å². The van der Waals surface area contributed by atoms with Crippen LogP contribution in [0.2, 0.25) is 0 Å². The number of unbranched alkanes of at least 4 members (excludes halogenated alkanes) is 2. The van der Waals surface area contributed by atoms with Crippen LogP contribution in [-0.2, 0) is 30.5 Å². The maximum atomic E-state index is 13.7. The molecule has 3 unspecified atom stereocenters. The zero-order valence-electron chi connectivity index (χ0n) is 23.8. The van der Waals surface area contributed by atoms with E-state index in [4.69, 9.17) is 9.47 Å². The molecule has 1 saturated heterocycles. The van der Waals surface area contributed by atoms with Crippen LogP contribution in [0, 0.1) is 5.92 Å². The Morgan fingerprint density at radius 3 is 2.41 bits per heavy atom. The van der Waals surface area contributed by atoms with Crippen molar-refractivity contribution in [1.29, 1.82) is 0 Å². The van der Waals surface area contributed by atoms with Crippen molar-refractivity contribution in [3.8, 4) is 0 Å². The molecule has 1 aliphatic heterocycles. The van der Waals surface area contributed by atoms with Crippen molar-refractivity contribution in [2.45, 2.75) is 117 Å². The highest BCUT2D eigenvalue weighted by Crippen LogP contribution is 2.25. The summed E-state index contributed by atoms with van der Waals surface area (Å²) in [6, 6.07) is 9.98. The first kappa shape index (κ1) is 30.8. The van der Waals surface area contributed by atoms with Crippen LogP contribution in [0.15, 0.2) is 30.3 Å². The number of hydrogen-bond donors (Lipinski definition) is 1. The third-order valence-electron chi connectivity index (χ3n) is 7.00. The fraction of sp³-hybridized carbons (Fsp3) is 0.700. The number of rotatable bonds is 14. The van der Waals surface area contributed by atoms with E-state index >= 15 is 0 Å². The fourth-order valence-electron chi connectivity index (χ4n) is 4.70. The van der Waals surface area contributed by atoms with Gasteiger partial charge in [0.2, 0.25) is 11.8 Å². The Balaban J connectivity index is 2.04. The minimum atomic E-state index is -1.05. The van der Waals surface area contributed by atoms with E-state index in [0.29, 0.717) is 32.6 Å².